The monoisotopic (exact) mass is 343 g/mol. The fraction of sp³-hybridized carbons (Fsp3) is 0.625. The van der Waals surface area contributed by atoms with E-state index >= 15 is 0 Å². The minimum absolute atomic E-state index is 0.577. The molecule has 0 bridgehead atoms. The van der Waals surface area contributed by atoms with Crippen LogP contribution in [-0.2, 0) is 22.6 Å². The fourth-order valence-electron chi connectivity index (χ4n) is 1.71. The van der Waals surface area contributed by atoms with Crippen LogP contribution in [0, 0.1) is 5.92 Å². The SMILES string of the molecule is CCNCc1ccc(COCCOCC(C)C)c(Br)c1. The maximum Gasteiger partial charge on any atom is 0.0728 e. The molecule has 3 nitrogen and oxygen atoms in total. The van der Waals surface area contributed by atoms with Crippen LogP contribution in [0.1, 0.15) is 31.9 Å². The lowest BCUT2D eigenvalue weighted by molar-refractivity contribution is 0.0313. The summed E-state index contributed by atoms with van der Waals surface area (Å²) < 4.78 is 12.2. The van der Waals surface area contributed by atoms with E-state index in [9.17, 15) is 0 Å². The molecule has 0 spiro atoms. The number of hydrogen-bond acceptors (Lipinski definition) is 3. The van der Waals surface area contributed by atoms with Crippen LogP contribution >= 0.6 is 15.9 Å². The van der Waals surface area contributed by atoms with E-state index in [0.29, 0.717) is 25.7 Å². The summed E-state index contributed by atoms with van der Waals surface area (Å²) in [6, 6.07) is 6.41. The molecule has 0 atom stereocenters. The third-order valence-corrected chi connectivity index (χ3v) is 3.52. The molecule has 0 aromatic heterocycles. The van der Waals surface area contributed by atoms with Crippen molar-refractivity contribution >= 4 is 15.9 Å². The van der Waals surface area contributed by atoms with E-state index in [1.807, 2.05) is 0 Å². The van der Waals surface area contributed by atoms with Crippen LogP contribution in [0.4, 0.5) is 0 Å². The van der Waals surface area contributed by atoms with Crippen molar-refractivity contribution in [3.05, 3.63) is 33.8 Å². The van der Waals surface area contributed by atoms with Crippen molar-refractivity contribution in [3.8, 4) is 0 Å². The molecule has 1 N–H and O–H groups in total. The van der Waals surface area contributed by atoms with E-state index in [0.717, 1.165) is 24.2 Å². The van der Waals surface area contributed by atoms with E-state index in [1.165, 1.54) is 11.1 Å². The first-order valence-corrected chi connectivity index (χ1v) is 8.06. The number of hydrogen-bond donors (Lipinski definition) is 1. The predicted molar refractivity (Wildman–Crippen MR) is 86.8 cm³/mol. The minimum atomic E-state index is 0.577. The average Bonchev–Trinajstić information content (AvgIpc) is 2.41. The highest BCUT2D eigenvalue weighted by atomic mass is 79.9. The molecule has 0 unspecified atom stereocenters. The zero-order chi connectivity index (χ0) is 14.8. The Kier molecular flexibility index (Phi) is 9.10. The Bertz CT molecular complexity index is 383. The summed E-state index contributed by atoms with van der Waals surface area (Å²) in [5, 5.41) is 3.32. The lowest BCUT2D eigenvalue weighted by atomic mass is 10.1. The summed E-state index contributed by atoms with van der Waals surface area (Å²) in [4.78, 5) is 0. The summed E-state index contributed by atoms with van der Waals surface area (Å²) in [6.45, 7) is 11.0. The lowest BCUT2D eigenvalue weighted by Crippen LogP contribution is -2.12. The van der Waals surface area contributed by atoms with Crippen LogP contribution in [0.3, 0.4) is 0 Å². The maximum atomic E-state index is 5.63. The number of benzene rings is 1. The van der Waals surface area contributed by atoms with Gasteiger partial charge in [0.1, 0.15) is 0 Å². The molecule has 20 heavy (non-hydrogen) atoms. The molecule has 1 aromatic carbocycles. The maximum absolute atomic E-state index is 5.63. The van der Waals surface area contributed by atoms with Gasteiger partial charge in [-0.15, -0.1) is 0 Å². The number of halogens is 1. The topological polar surface area (TPSA) is 30.5 Å². The van der Waals surface area contributed by atoms with Gasteiger partial charge in [-0.25, -0.2) is 0 Å². The number of nitrogens with one attached hydrogen (secondary N) is 1. The van der Waals surface area contributed by atoms with Crippen molar-refractivity contribution in [3.63, 3.8) is 0 Å². The average molecular weight is 344 g/mol. The van der Waals surface area contributed by atoms with Crippen LogP contribution in [0.25, 0.3) is 0 Å². The molecular weight excluding hydrogens is 318 g/mol. The van der Waals surface area contributed by atoms with Crippen molar-refractivity contribution in [2.24, 2.45) is 5.92 Å². The minimum Gasteiger partial charge on any atom is -0.379 e. The molecule has 0 saturated carbocycles. The van der Waals surface area contributed by atoms with Crippen molar-refractivity contribution in [1.82, 2.24) is 5.32 Å². The van der Waals surface area contributed by atoms with Crippen molar-refractivity contribution < 1.29 is 9.47 Å². The number of rotatable bonds is 10. The van der Waals surface area contributed by atoms with E-state index in [1.54, 1.807) is 0 Å². The molecule has 0 aliphatic carbocycles. The molecule has 0 radical (unpaired) electrons. The van der Waals surface area contributed by atoms with Gasteiger partial charge in [0, 0.05) is 17.6 Å². The second-order valence-corrected chi connectivity index (χ2v) is 6.08. The summed E-state index contributed by atoms with van der Waals surface area (Å²) in [5.41, 5.74) is 2.46. The van der Waals surface area contributed by atoms with Crippen molar-refractivity contribution in [1.29, 1.82) is 0 Å². The van der Waals surface area contributed by atoms with Gasteiger partial charge in [-0.2, -0.15) is 0 Å². The van der Waals surface area contributed by atoms with Crippen LogP contribution in [0.5, 0.6) is 0 Å². The van der Waals surface area contributed by atoms with E-state index < -0.39 is 0 Å². The quantitative estimate of drug-likeness (QED) is 0.656. The molecule has 0 saturated heterocycles. The summed E-state index contributed by atoms with van der Waals surface area (Å²) in [7, 11) is 0. The van der Waals surface area contributed by atoms with E-state index in [4.69, 9.17) is 9.47 Å². The van der Waals surface area contributed by atoms with Gasteiger partial charge in [0.15, 0.2) is 0 Å². The van der Waals surface area contributed by atoms with Gasteiger partial charge in [-0.3, -0.25) is 0 Å². The summed E-state index contributed by atoms with van der Waals surface area (Å²) in [6.07, 6.45) is 0. The Morgan fingerprint density at radius 2 is 1.95 bits per heavy atom. The van der Waals surface area contributed by atoms with Gasteiger partial charge in [0.05, 0.1) is 19.8 Å². The molecule has 4 heteroatoms. The second-order valence-electron chi connectivity index (χ2n) is 5.23. The Labute approximate surface area is 131 Å². The van der Waals surface area contributed by atoms with Crippen LogP contribution < -0.4 is 5.32 Å². The molecule has 0 fully saturated rings. The zero-order valence-corrected chi connectivity index (χ0v) is 14.3. The third kappa shape index (κ3) is 7.39. The van der Waals surface area contributed by atoms with Crippen LogP contribution in [-0.4, -0.2) is 26.4 Å². The first-order valence-electron chi connectivity index (χ1n) is 7.27. The second kappa shape index (κ2) is 10.3. The molecule has 0 amide bonds. The molecule has 0 aliphatic rings. The predicted octanol–water partition coefficient (Wildman–Crippen LogP) is 3.75. The molecule has 0 aliphatic heterocycles. The molecule has 1 aromatic rings. The fourth-order valence-corrected chi connectivity index (χ4v) is 2.25. The molecule has 0 heterocycles. The highest BCUT2D eigenvalue weighted by molar-refractivity contribution is 9.10. The summed E-state index contributed by atoms with van der Waals surface area (Å²) >= 11 is 3.60. The van der Waals surface area contributed by atoms with Gasteiger partial charge in [0.2, 0.25) is 0 Å². The molecule has 1 rings (SSSR count). The third-order valence-electron chi connectivity index (χ3n) is 2.78. The number of ether oxygens (including phenoxy) is 2. The first-order chi connectivity index (χ1) is 9.63. The molecule has 114 valence electrons. The Balaban J connectivity index is 2.26. The smallest absolute Gasteiger partial charge is 0.0728 e. The lowest BCUT2D eigenvalue weighted by Gasteiger charge is -2.10. The Morgan fingerprint density at radius 3 is 2.60 bits per heavy atom. The van der Waals surface area contributed by atoms with E-state index in [2.05, 4.69) is 60.2 Å². The van der Waals surface area contributed by atoms with Crippen molar-refractivity contribution in [2.45, 2.75) is 33.9 Å². The Hall–Kier alpha value is -0.420. The van der Waals surface area contributed by atoms with Crippen LogP contribution in [0.2, 0.25) is 0 Å². The largest absolute Gasteiger partial charge is 0.379 e. The van der Waals surface area contributed by atoms with Crippen LogP contribution in [0.15, 0.2) is 22.7 Å². The zero-order valence-electron chi connectivity index (χ0n) is 12.7. The van der Waals surface area contributed by atoms with Gasteiger partial charge >= 0.3 is 0 Å². The van der Waals surface area contributed by atoms with E-state index in [-0.39, 0.29) is 0 Å². The van der Waals surface area contributed by atoms with Gasteiger partial charge in [-0.1, -0.05) is 48.8 Å². The molecular formula is C16H26BrNO2. The highest BCUT2D eigenvalue weighted by Crippen LogP contribution is 2.19. The summed E-state index contributed by atoms with van der Waals surface area (Å²) in [5.74, 6) is 0.577. The standard InChI is InChI=1S/C16H26BrNO2/c1-4-18-10-14-5-6-15(16(17)9-14)12-20-8-7-19-11-13(2)3/h5-6,9,13,18H,4,7-8,10-12H2,1-3H3. The van der Waals surface area contributed by atoms with Crippen molar-refractivity contribution in [2.75, 3.05) is 26.4 Å². The highest BCUT2D eigenvalue weighted by Gasteiger charge is 2.02. The van der Waals surface area contributed by atoms with Gasteiger partial charge < -0.3 is 14.8 Å². The normalized spacial score (nSPS) is 11.2. The van der Waals surface area contributed by atoms with Gasteiger partial charge in [0.25, 0.3) is 0 Å². The Morgan fingerprint density at radius 1 is 1.20 bits per heavy atom. The first kappa shape index (κ1) is 17.6. The van der Waals surface area contributed by atoms with Gasteiger partial charge in [-0.05, 0) is 29.7 Å².